The normalized spacial score (nSPS) is 16.0. The third-order valence-corrected chi connectivity index (χ3v) is 6.84. The topological polar surface area (TPSA) is 88.2 Å². The number of rotatable bonds is 8. The van der Waals surface area contributed by atoms with Crippen molar-refractivity contribution in [3.63, 3.8) is 0 Å². The lowest BCUT2D eigenvalue weighted by molar-refractivity contribution is -0.134. The molecule has 1 atom stereocenters. The molecule has 8 nitrogen and oxygen atoms in total. The Morgan fingerprint density at radius 1 is 1.00 bits per heavy atom. The fourth-order valence-electron chi connectivity index (χ4n) is 3.58. The lowest BCUT2D eigenvalue weighted by atomic mass is 10.2. The van der Waals surface area contributed by atoms with E-state index in [0.29, 0.717) is 24.6 Å². The van der Waals surface area contributed by atoms with Gasteiger partial charge < -0.3 is 14.4 Å². The van der Waals surface area contributed by atoms with E-state index in [1.54, 1.807) is 11.8 Å². The second-order valence-corrected chi connectivity index (χ2v) is 9.16. The number of nitrogens with one attached hydrogen (secondary N) is 1. The number of benzene rings is 2. The Morgan fingerprint density at radius 2 is 1.65 bits per heavy atom. The van der Waals surface area contributed by atoms with Gasteiger partial charge in [-0.25, -0.2) is 8.42 Å². The molecule has 1 amide bonds. The van der Waals surface area contributed by atoms with Crippen LogP contribution in [0.5, 0.6) is 11.5 Å². The van der Waals surface area contributed by atoms with Crippen LogP contribution < -0.4 is 14.2 Å². The first kappa shape index (κ1) is 23.1. The summed E-state index contributed by atoms with van der Waals surface area (Å²) in [7, 11) is -0.983. The van der Waals surface area contributed by atoms with Gasteiger partial charge in [0.25, 0.3) is 0 Å². The van der Waals surface area contributed by atoms with Gasteiger partial charge in [-0.2, -0.15) is 4.72 Å². The smallest absolute Gasteiger partial charge is 0.241 e. The first-order chi connectivity index (χ1) is 14.8. The summed E-state index contributed by atoms with van der Waals surface area (Å²) in [5, 5.41) is 0. The maximum absolute atomic E-state index is 12.8. The van der Waals surface area contributed by atoms with E-state index >= 15 is 0 Å². The molecule has 0 radical (unpaired) electrons. The summed E-state index contributed by atoms with van der Waals surface area (Å²) in [5.41, 5.74) is 1.23. The van der Waals surface area contributed by atoms with Crippen molar-refractivity contribution in [3.8, 4) is 11.5 Å². The second-order valence-electron chi connectivity index (χ2n) is 7.45. The number of sulfonamides is 1. The predicted octanol–water partition coefficient (Wildman–Crippen LogP) is 1.71. The molecule has 1 aliphatic heterocycles. The van der Waals surface area contributed by atoms with Crippen molar-refractivity contribution in [1.82, 2.24) is 14.5 Å². The van der Waals surface area contributed by atoms with Crippen molar-refractivity contribution < 1.29 is 22.7 Å². The molecule has 0 spiro atoms. The van der Waals surface area contributed by atoms with Gasteiger partial charge in [0.2, 0.25) is 15.9 Å². The van der Waals surface area contributed by atoms with Crippen LogP contribution in [0.25, 0.3) is 0 Å². The van der Waals surface area contributed by atoms with Crippen LogP contribution in [0, 0.1) is 0 Å². The number of carbonyl (C=O) groups is 1. The molecule has 1 N–H and O–H groups in total. The maximum atomic E-state index is 12.8. The van der Waals surface area contributed by atoms with Gasteiger partial charge in [0, 0.05) is 38.8 Å². The minimum Gasteiger partial charge on any atom is -0.493 e. The molecule has 1 saturated heterocycles. The number of ether oxygens (including phenoxy) is 2. The van der Waals surface area contributed by atoms with Crippen LogP contribution in [-0.4, -0.2) is 70.6 Å². The number of carbonyl (C=O) groups excluding carboxylic acids is 1. The summed E-state index contributed by atoms with van der Waals surface area (Å²) >= 11 is 0. The lowest BCUT2D eigenvalue weighted by Gasteiger charge is -2.36. The van der Waals surface area contributed by atoms with E-state index in [9.17, 15) is 13.2 Å². The predicted molar refractivity (Wildman–Crippen MR) is 118 cm³/mol. The number of amides is 1. The minimum absolute atomic E-state index is 0.0116. The van der Waals surface area contributed by atoms with Crippen LogP contribution in [0.2, 0.25) is 0 Å². The highest BCUT2D eigenvalue weighted by Gasteiger charge is 2.28. The number of piperazine rings is 1. The Kier molecular flexibility index (Phi) is 7.53. The molecule has 0 aromatic heterocycles. The Morgan fingerprint density at radius 3 is 2.26 bits per heavy atom. The molecule has 0 aliphatic carbocycles. The highest BCUT2D eigenvalue weighted by Crippen LogP contribution is 2.29. The average molecular weight is 448 g/mol. The van der Waals surface area contributed by atoms with Gasteiger partial charge in [-0.15, -0.1) is 0 Å². The Balaban J connectivity index is 1.58. The van der Waals surface area contributed by atoms with Crippen LogP contribution in [-0.2, 0) is 21.4 Å². The van der Waals surface area contributed by atoms with Crippen molar-refractivity contribution in [2.45, 2.75) is 24.4 Å². The molecule has 0 bridgehead atoms. The van der Waals surface area contributed by atoms with E-state index in [0.717, 1.165) is 19.6 Å². The quantitative estimate of drug-likeness (QED) is 0.663. The van der Waals surface area contributed by atoms with Gasteiger partial charge in [0.05, 0.1) is 25.2 Å². The van der Waals surface area contributed by atoms with E-state index in [-0.39, 0.29) is 10.8 Å². The zero-order valence-corrected chi connectivity index (χ0v) is 18.9. The van der Waals surface area contributed by atoms with Crippen LogP contribution in [0.3, 0.4) is 0 Å². The van der Waals surface area contributed by atoms with E-state index in [4.69, 9.17) is 9.47 Å². The molecule has 31 heavy (non-hydrogen) atoms. The van der Waals surface area contributed by atoms with Gasteiger partial charge in [-0.1, -0.05) is 30.3 Å². The van der Waals surface area contributed by atoms with Crippen LogP contribution in [0.15, 0.2) is 53.4 Å². The molecule has 2 aromatic rings. The van der Waals surface area contributed by atoms with Crippen molar-refractivity contribution in [2.24, 2.45) is 0 Å². The zero-order valence-electron chi connectivity index (χ0n) is 18.1. The summed E-state index contributed by atoms with van der Waals surface area (Å²) < 4.78 is 38.3. The summed E-state index contributed by atoms with van der Waals surface area (Å²) in [5.74, 6) is 0.501. The number of methoxy groups -OCH3 is 2. The minimum atomic E-state index is -3.90. The number of hydrogen-bond donors (Lipinski definition) is 1. The standard InChI is InChI=1S/C22H29N3O5S/c1-17(23-31(27,28)19-9-10-20(29-2)21(15-19)30-3)22(26)25-13-11-24(12-14-25)16-18-7-5-4-6-8-18/h4-10,15,17,23H,11-14,16H2,1-3H3/t17-/m0/s1. The molecule has 2 aromatic carbocycles. The largest absolute Gasteiger partial charge is 0.493 e. The summed E-state index contributed by atoms with van der Waals surface area (Å²) in [4.78, 5) is 16.8. The second kappa shape index (κ2) is 10.1. The number of nitrogens with zero attached hydrogens (tertiary/aromatic N) is 2. The molecule has 0 saturated carbocycles. The fourth-order valence-corrected chi connectivity index (χ4v) is 4.79. The molecule has 168 valence electrons. The van der Waals surface area contributed by atoms with E-state index < -0.39 is 16.1 Å². The number of hydrogen-bond acceptors (Lipinski definition) is 6. The highest BCUT2D eigenvalue weighted by atomic mass is 32.2. The van der Waals surface area contributed by atoms with Crippen LogP contribution in [0.4, 0.5) is 0 Å². The first-order valence-corrected chi connectivity index (χ1v) is 11.6. The van der Waals surface area contributed by atoms with Gasteiger partial charge in [0.15, 0.2) is 11.5 Å². The third-order valence-electron chi connectivity index (χ3n) is 5.30. The molecule has 3 rings (SSSR count). The van der Waals surface area contributed by atoms with Crippen molar-refractivity contribution in [2.75, 3.05) is 40.4 Å². The molecular weight excluding hydrogens is 418 g/mol. The first-order valence-electron chi connectivity index (χ1n) is 10.1. The van der Waals surface area contributed by atoms with Crippen molar-refractivity contribution in [3.05, 3.63) is 54.1 Å². The molecule has 1 heterocycles. The van der Waals surface area contributed by atoms with Gasteiger partial charge >= 0.3 is 0 Å². The van der Waals surface area contributed by atoms with Crippen LogP contribution >= 0.6 is 0 Å². The monoisotopic (exact) mass is 447 g/mol. The molecule has 9 heteroatoms. The Bertz CT molecular complexity index is 989. The lowest BCUT2D eigenvalue weighted by Crippen LogP contribution is -2.53. The molecule has 1 fully saturated rings. The fraction of sp³-hybridized carbons (Fsp3) is 0.409. The summed E-state index contributed by atoms with van der Waals surface area (Å²) in [6, 6.07) is 13.6. The highest BCUT2D eigenvalue weighted by molar-refractivity contribution is 7.89. The maximum Gasteiger partial charge on any atom is 0.241 e. The van der Waals surface area contributed by atoms with E-state index in [2.05, 4.69) is 21.8 Å². The average Bonchev–Trinajstić information content (AvgIpc) is 2.79. The van der Waals surface area contributed by atoms with Crippen molar-refractivity contribution in [1.29, 1.82) is 0 Å². The van der Waals surface area contributed by atoms with Crippen LogP contribution in [0.1, 0.15) is 12.5 Å². The zero-order chi connectivity index (χ0) is 22.4. The summed E-state index contributed by atoms with van der Waals surface area (Å²) in [6.45, 7) is 5.02. The van der Waals surface area contributed by atoms with Gasteiger partial charge in [-0.05, 0) is 24.6 Å². The SMILES string of the molecule is COc1ccc(S(=O)(=O)N[C@@H](C)C(=O)N2CCN(Cc3ccccc3)CC2)cc1OC. The van der Waals surface area contributed by atoms with E-state index in [1.165, 1.54) is 38.0 Å². The van der Waals surface area contributed by atoms with Gasteiger partial charge in [0.1, 0.15) is 0 Å². The molecule has 0 unspecified atom stereocenters. The Labute approximate surface area is 183 Å². The van der Waals surface area contributed by atoms with Crippen molar-refractivity contribution >= 4 is 15.9 Å². The Hall–Kier alpha value is -2.62. The third kappa shape index (κ3) is 5.75. The molecule has 1 aliphatic rings. The molecular formula is C22H29N3O5S. The summed E-state index contributed by atoms with van der Waals surface area (Å²) in [6.07, 6.45) is 0. The van der Waals surface area contributed by atoms with E-state index in [1.807, 2.05) is 18.2 Å². The van der Waals surface area contributed by atoms with Gasteiger partial charge in [-0.3, -0.25) is 9.69 Å².